The molecule has 0 aliphatic carbocycles. The summed E-state index contributed by atoms with van der Waals surface area (Å²) in [6.07, 6.45) is 0.482. The van der Waals surface area contributed by atoms with Crippen LogP contribution in [0, 0.1) is 28.9 Å². The molecule has 2 rings (SSSR count). The normalized spacial score (nSPS) is 22.6. The number of carbonyl (C=O) groups excluding carboxylic acids is 1. The molecule has 6 heteroatoms. The predicted molar refractivity (Wildman–Crippen MR) is 71.3 cm³/mol. The van der Waals surface area contributed by atoms with Gasteiger partial charge in [0.25, 0.3) is 0 Å². The highest BCUT2D eigenvalue weighted by molar-refractivity contribution is 5.74. The van der Waals surface area contributed by atoms with Crippen LogP contribution in [0.4, 0.5) is 8.78 Å². The number of halogens is 2. The molecular weight excluding hydrogens is 278 g/mol. The number of carbonyl (C=O) groups is 1. The Bertz CT molecular complexity index is 571. The Kier molecular flexibility index (Phi) is 4.86. The molecule has 2 unspecified atom stereocenters. The lowest BCUT2D eigenvalue weighted by molar-refractivity contribution is -0.147. The minimum Gasteiger partial charge on any atom is -0.469 e. The third-order valence-corrected chi connectivity index (χ3v) is 3.86. The van der Waals surface area contributed by atoms with Crippen molar-refractivity contribution in [2.45, 2.75) is 12.3 Å². The lowest BCUT2D eigenvalue weighted by Gasteiger charge is -2.36. The number of ether oxygens (including phenoxy) is 1. The summed E-state index contributed by atoms with van der Waals surface area (Å²) in [5.41, 5.74) is 0.287. The Morgan fingerprint density at radius 3 is 2.90 bits per heavy atom. The van der Waals surface area contributed by atoms with Gasteiger partial charge >= 0.3 is 5.97 Å². The maximum Gasteiger partial charge on any atom is 0.309 e. The maximum atomic E-state index is 14.0. The molecule has 4 nitrogen and oxygen atoms in total. The fraction of sp³-hybridized carbons (Fsp3) is 0.467. The van der Waals surface area contributed by atoms with Crippen molar-refractivity contribution in [2.24, 2.45) is 5.92 Å². The van der Waals surface area contributed by atoms with Gasteiger partial charge in [0.15, 0.2) is 0 Å². The molecule has 1 aromatic carbocycles. The highest BCUT2D eigenvalue weighted by atomic mass is 19.1. The Hall–Kier alpha value is -2.00. The number of benzene rings is 1. The minimum absolute atomic E-state index is 0.215. The van der Waals surface area contributed by atoms with Crippen molar-refractivity contribution in [1.29, 1.82) is 5.26 Å². The monoisotopic (exact) mass is 294 g/mol. The lowest BCUT2D eigenvalue weighted by Crippen LogP contribution is -2.42. The number of piperidine rings is 1. The van der Waals surface area contributed by atoms with E-state index >= 15 is 0 Å². The number of nitrogens with zero attached hydrogens (tertiary/aromatic N) is 2. The molecule has 0 N–H and O–H groups in total. The van der Waals surface area contributed by atoms with E-state index in [1.54, 1.807) is 0 Å². The predicted octanol–water partition coefficient (Wildman–Crippen LogP) is 2.07. The zero-order valence-corrected chi connectivity index (χ0v) is 11.7. The van der Waals surface area contributed by atoms with Gasteiger partial charge in [-0.3, -0.25) is 9.69 Å². The first-order valence-corrected chi connectivity index (χ1v) is 6.69. The second-order valence-electron chi connectivity index (χ2n) is 5.08. The van der Waals surface area contributed by atoms with Crippen LogP contribution in [0.15, 0.2) is 18.2 Å². The van der Waals surface area contributed by atoms with Crippen molar-refractivity contribution >= 4 is 5.97 Å². The summed E-state index contributed by atoms with van der Waals surface area (Å²) >= 11 is 0. The van der Waals surface area contributed by atoms with Crippen LogP contribution >= 0.6 is 0 Å². The summed E-state index contributed by atoms with van der Waals surface area (Å²) < 4.78 is 31.8. The van der Waals surface area contributed by atoms with Gasteiger partial charge in [0.05, 0.1) is 25.6 Å². The molecule has 0 spiro atoms. The van der Waals surface area contributed by atoms with Gasteiger partial charge in [0, 0.05) is 25.1 Å². The average Bonchev–Trinajstić information content (AvgIpc) is 2.47. The molecule has 0 aromatic heterocycles. The third-order valence-electron chi connectivity index (χ3n) is 3.86. The molecule has 1 aliphatic heterocycles. The van der Waals surface area contributed by atoms with E-state index in [0.717, 1.165) is 6.07 Å². The van der Waals surface area contributed by atoms with Crippen LogP contribution in [0.1, 0.15) is 17.9 Å². The van der Waals surface area contributed by atoms with Gasteiger partial charge < -0.3 is 4.74 Å². The van der Waals surface area contributed by atoms with Crippen molar-refractivity contribution in [3.05, 3.63) is 35.4 Å². The molecule has 1 aliphatic rings. The molecule has 21 heavy (non-hydrogen) atoms. The van der Waals surface area contributed by atoms with Gasteiger partial charge in [0.1, 0.15) is 11.6 Å². The largest absolute Gasteiger partial charge is 0.469 e. The van der Waals surface area contributed by atoms with E-state index in [1.165, 1.54) is 19.2 Å². The highest BCUT2D eigenvalue weighted by Crippen LogP contribution is 2.34. The van der Waals surface area contributed by atoms with Gasteiger partial charge in [-0.05, 0) is 18.1 Å². The lowest BCUT2D eigenvalue weighted by atomic mass is 9.80. The number of likely N-dealkylation sites (tertiary alicyclic amines) is 1. The van der Waals surface area contributed by atoms with Gasteiger partial charge in [-0.25, -0.2) is 8.78 Å². The first-order chi connectivity index (χ1) is 10.1. The molecular formula is C15H16F2N2O2. The Balaban J connectivity index is 2.32. The van der Waals surface area contributed by atoms with E-state index in [-0.39, 0.29) is 12.1 Å². The smallest absolute Gasteiger partial charge is 0.309 e. The van der Waals surface area contributed by atoms with E-state index in [4.69, 9.17) is 10.00 Å². The average molecular weight is 294 g/mol. The topological polar surface area (TPSA) is 53.3 Å². The quantitative estimate of drug-likeness (QED) is 0.632. The van der Waals surface area contributed by atoms with Crippen LogP contribution in [0.25, 0.3) is 0 Å². The summed E-state index contributed by atoms with van der Waals surface area (Å²) in [4.78, 5) is 13.7. The molecule has 1 saturated heterocycles. The Labute approximate surface area is 121 Å². The zero-order valence-electron chi connectivity index (χ0n) is 11.7. The number of hydrogen-bond donors (Lipinski definition) is 0. The second-order valence-corrected chi connectivity index (χ2v) is 5.08. The fourth-order valence-corrected chi connectivity index (χ4v) is 2.81. The first kappa shape index (κ1) is 15.4. The van der Waals surface area contributed by atoms with Crippen LogP contribution in [0.2, 0.25) is 0 Å². The van der Waals surface area contributed by atoms with Crippen molar-refractivity contribution in [3.63, 3.8) is 0 Å². The summed E-state index contributed by atoms with van der Waals surface area (Å²) in [6.45, 7) is 1.16. The number of esters is 1. The second kappa shape index (κ2) is 6.64. The van der Waals surface area contributed by atoms with Crippen LogP contribution in [-0.4, -0.2) is 37.6 Å². The van der Waals surface area contributed by atoms with E-state index in [2.05, 4.69) is 0 Å². The zero-order chi connectivity index (χ0) is 15.4. The van der Waals surface area contributed by atoms with E-state index < -0.39 is 29.4 Å². The van der Waals surface area contributed by atoms with Crippen molar-refractivity contribution < 1.29 is 18.3 Å². The van der Waals surface area contributed by atoms with Crippen LogP contribution in [0.5, 0.6) is 0 Å². The highest BCUT2D eigenvalue weighted by Gasteiger charge is 2.37. The van der Waals surface area contributed by atoms with Crippen LogP contribution in [0.3, 0.4) is 0 Å². The molecule has 1 heterocycles. The Morgan fingerprint density at radius 1 is 1.52 bits per heavy atom. The molecule has 1 aromatic rings. The molecule has 112 valence electrons. The Morgan fingerprint density at radius 2 is 2.29 bits per heavy atom. The number of hydrogen-bond acceptors (Lipinski definition) is 4. The molecule has 0 radical (unpaired) electrons. The maximum absolute atomic E-state index is 14.0. The van der Waals surface area contributed by atoms with Crippen molar-refractivity contribution in [1.82, 2.24) is 4.90 Å². The summed E-state index contributed by atoms with van der Waals surface area (Å²) in [5, 5.41) is 8.78. The molecule has 1 fully saturated rings. The molecule has 2 atom stereocenters. The van der Waals surface area contributed by atoms with Gasteiger partial charge in [0.2, 0.25) is 0 Å². The van der Waals surface area contributed by atoms with E-state index in [1.807, 2.05) is 11.0 Å². The molecule has 0 saturated carbocycles. The summed E-state index contributed by atoms with van der Waals surface area (Å²) in [5.74, 6) is -2.66. The molecule has 0 bridgehead atoms. The number of methoxy groups -OCH3 is 1. The van der Waals surface area contributed by atoms with Crippen LogP contribution < -0.4 is 0 Å². The molecule has 0 amide bonds. The SMILES string of the molecule is COC(=O)C1CCN(CC#N)CC1c1ccc(F)cc1F. The minimum atomic E-state index is -0.673. The van der Waals surface area contributed by atoms with Gasteiger partial charge in [-0.15, -0.1) is 0 Å². The number of rotatable bonds is 3. The fourth-order valence-electron chi connectivity index (χ4n) is 2.81. The first-order valence-electron chi connectivity index (χ1n) is 6.69. The third kappa shape index (κ3) is 3.37. The van der Waals surface area contributed by atoms with Gasteiger partial charge in [-0.1, -0.05) is 6.07 Å². The summed E-state index contributed by atoms with van der Waals surface area (Å²) in [7, 11) is 1.29. The van der Waals surface area contributed by atoms with Crippen molar-refractivity contribution in [3.8, 4) is 6.07 Å². The van der Waals surface area contributed by atoms with E-state index in [0.29, 0.717) is 19.5 Å². The number of nitriles is 1. The standard InChI is InChI=1S/C15H16F2N2O2/c1-21-15(20)12-4-6-19(7-5-18)9-13(12)11-3-2-10(16)8-14(11)17/h2-3,8,12-13H,4,6-7,9H2,1H3. The van der Waals surface area contributed by atoms with Crippen molar-refractivity contribution in [2.75, 3.05) is 26.7 Å². The van der Waals surface area contributed by atoms with Crippen LogP contribution in [-0.2, 0) is 9.53 Å². The summed E-state index contributed by atoms with van der Waals surface area (Å²) in [6, 6.07) is 5.40. The van der Waals surface area contributed by atoms with E-state index in [9.17, 15) is 13.6 Å². The van der Waals surface area contributed by atoms with Gasteiger partial charge in [-0.2, -0.15) is 5.26 Å².